The van der Waals surface area contributed by atoms with Crippen LogP contribution < -0.4 is 16.0 Å². The Balaban J connectivity index is 1.56. The highest BCUT2D eigenvalue weighted by molar-refractivity contribution is 6.30. The third-order valence-corrected chi connectivity index (χ3v) is 6.04. The van der Waals surface area contributed by atoms with Crippen molar-refractivity contribution in [1.29, 1.82) is 0 Å². The van der Waals surface area contributed by atoms with Gasteiger partial charge in [-0.15, -0.1) is 5.10 Å². The minimum absolute atomic E-state index is 0.0315. The van der Waals surface area contributed by atoms with Crippen LogP contribution in [0, 0.1) is 12.7 Å². The van der Waals surface area contributed by atoms with Gasteiger partial charge in [0.2, 0.25) is 11.8 Å². The number of nitrogens with zero attached hydrogens (tertiary/aromatic N) is 3. The molecule has 35 heavy (non-hydrogen) atoms. The maximum atomic E-state index is 14.5. The molecule has 1 aliphatic heterocycles. The summed E-state index contributed by atoms with van der Waals surface area (Å²) in [4.78, 5) is 38.3. The molecular weight excluding hydrogens is 475 g/mol. The van der Waals surface area contributed by atoms with E-state index in [1.54, 1.807) is 37.3 Å². The van der Waals surface area contributed by atoms with Gasteiger partial charge in [0.15, 0.2) is 11.5 Å². The number of aromatic nitrogens is 3. The zero-order valence-electron chi connectivity index (χ0n) is 19.0. The molecule has 3 amide bonds. The lowest BCUT2D eigenvalue weighted by Crippen LogP contribution is -2.44. The number of carbonyl (C=O) groups is 3. The van der Waals surface area contributed by atoms with Crippen molar-refractivity contribution in [3.05, 3.63) is 64.7 Å². The first-order valence-electron chi connectivity index (χ1n) is 11.2. The summed E-state index contributed by atoms with van der Waals surface area (Å²) >= 11 is 5.87. The van der Waals surface area contributed by atoms with Crippen LogP contribution in [0.5, 0.6) is 0 Å². The minimum Gasteiger partial charge on any atom is -0.339 e. The summed E-state index contributed by atoms with van der Waals surface area (Å²) in [6.07, 6.45) is 2.75. The number of fused-ring (bicyclic) bond motifs is 1. The van der Waals surface area contributed by atoms with Gasteiger partial charge in [-0.3, -0.25) is 14.4 Å². The fourth-order valence-electron chi connectivity index (χ4n) is 3.86. The Bertz CT molecular complexity index is 1280. The number of carbonyl (C=O) groups excluding carboxylic acids is 3. The maximum Gasteiger partial charge on any atom is 0.274 e. The third kappa shape index (κ3) is 5.48. The molecule has 182 valence electrons. The largest absolute Gasteiger partial charge is 0.339 e. The van der Waals surface area contributed by atoms with Crippen molar-refractivity contribution in [1.82, 2.24) is 20.3 Å². The van der Waals surface area contributed by atoms with Gasteiger partial charge in [0, 0.05) is 6.42 Å². The number of nitrogens with one attached hydrogen (secondary N) is 3. The fraction of sp³-hybridized carbons (Fsp3) is 0.292. The van der Waals surface area contributed by atoms with Crippen LogP contribution in [-0.2, 0) is 9.59 Å². The first-order valence-corrected chi connectivity index (χ1v) is 11.6. The van der Waals surface area contributed by atoms with Gasteiger partial charge in [0.25, 0.3) is 5.91 Å². The molecule has 0 radical (unpaired) electrons. The first kappa shape index (κ1) is 24.3. The first-order chi connectivity index (χ1) is 16.8. The Hall–Kier alpha value is -3.79. The van der Waals surface area contributed by atoms with Gasteiger partial charge in [0.05, 0.1) is 22.1 Å². The molecule has 4 rings (SSSR count). The predicted octanol–water partition coefficient (Wildman–Crippen LogP) is 4.01. The van der Waals surface area contributed by atoms with E-state index in [0.717, 1.165) is 6.42 Å². The van der Waals surface area contributed by atoms with Crippen molar-refractivity contribution >= 4 is 40.7 Å². The topological polar surface area (TPSA) is 118 Å². The maximum absolute atomic E-state index is 14.5. The number of amides is 3. The van der Waals surface area contributed by atoms with Crippen LogP contribution in [0.1, 0.15) is 48.3 Å². The minimum atomic E-state index is -0.849. The quantitative estimate of drug-likeness (QED) is 0.504. The second-order valence-electron chi connectivity index (χ2n) is 8.22. The van der Waals surface area contributed by atoms with Crippen molar-refractivity contribution in [2.45, 2.75) is 45.1 Å². The zero-order chi connectivity index (χ0) is 24.9. The normalized spacial score (nSPS) is 16.8. The van der Waals surface area contributed by atoms with E-state index in [-0.39, 0.29) is 22.3 Å². The number of hydrogen-bond donors (Lipinski definition) is 3. The Morgan fingerprint density at radius 3 is 2.60 bits per heavy atom. The summed E-state index contributed by atoms with van der Waals surface area (Å²) in [6, 6.07) is 10.5. The fourth-order valence-corrected chi connectivity index (χ4v) is 4.03. The highest BCUT2D eigenvalue weighted by atomic mass is 35.5. The highest BCUT2D eigenvalue weighted by Gasteiger charge is 2.26. The predicted molar refractivity (Wildman–Crippen MR) is 129 cm³/mol. The smallest absolute Gasteiger partial charge is 0.274 e. The summed E-state index contributed by atoms with van der Waals surface area (Å²) in [5.41, 5.74) is 1.24. The Kier molecular flexibility index (Phi) is 7.40. The number of halogens is 2. The van der Waals surface area contributed by atoms with E-state index in [1.165, 1.54) is 16.8 Å². The number of rotatable bonds is 3. The van der Waals surface area contributed by atoms with Gasteiger partial charge in [0.1, 0.15) is 11.7 Å². The molecule has 0 unspecified atom stereocenters. The molecule has 2 aromatic carbocycles. The van der Waals surface area contributed by atoms with Crippen molar-refractivity contribution in [2.75, 3.05) is 10.6 Å². The second-order valence-corrected chi connectivity index (χ2v) is 8.62. The molecule has 11 heteroatoms. The molecule has 9 nitrogen and oxygen atoms in total. The number of hydrogen-bond acceptors (Lipinski definition) is 5. The van der Waals surface area contributed by atoms with Crippen molar-refractivity contribution in [3.63, 3.8) is 0 Å². The van der Waals surface area contributed by atoms with Crippen LogP contribution in [-0.4, -0.2) is 38.8 Å². The van der Waals surface area contributed by atoms with Crippen molar-refractivity contribution in [2.24, 2.45) is 0 Å². The number of benzene rings is 2. The molecule has 3 N–H and O–H groups in total. The van der Waals surface area contributed by atoms with Gasteiger partial charge >= 0.3 is 0 Å². The monoisotopic (exact) mass is 498 g/mol. The summed E-state index contributed by atoms with van der Waals surface area (Å²) in [7, 11) is 0. The lowest BCUT2D eigenvalue weighted by molar-refractivity contribution is -0.118. The lowest BCUT2D eigenvalue weighted by Gasteiger charge is -2.20. The van der Waals surface area contributed by atoms with Gasteiger partial charge in [-0.2, -0.15) is 0 Å². The summed E-state index contributed by atoms with van der Waals surface area (Å²) in [6.45, 7) is 1.58. The molecule has 3 aromatic rings. The molecule has 0 spiro atoms. The van der Waals surface area contributed by atoms with Crippen LogP contribution in [0.25, 0.3) is 5.69 Å². The molecule has 0 fully saturated rings. The second kappa shape index (κ2) is 10.6. The van der Waals surface area contributed by atoms with Gasteiger partial charge in [-0.25, -0.2) is 9.07 Å². The van der Waals surface area contributed by atoms with Crippen LogP contribution >= 0.6 is 11.6 Å². The average molecular weight is 499 g/mol. The molecule has 1 aliphatic rings. The molecule has 0 aliphatic carbocycles. The van der Waals surface area contributed by atoms with E-state index in [9.17, 15) is 18.8 Å². The SMILES string of the molecule is Cc1c(C(=O)N[C@H]2CCCCCC(=O)Nc3ccccc3NC2=O)nnn1-c1cccc(Cl)c1F. The lowest BCUT2D eigenvalue weighted by atomic mass is 10.0. The van der Waals surface area contributed by atoms with Crippen LogP contribution in [0.15, 0.2) is 42.5 Å². The highest BCUT2D eigenvalue weighted by Crippen LogP contribution is 2.24. The third-order valence-electron chi connectivity index (χ3n) is 5.75. The van der Waals surface area contributed by atoms with Crippen LogP contribution in [0.3, 0.4) is 0 Å². The van der Waals surface area contributed by atoms with Crippen molar-refractivity contribution in [3.8, 4) is 5.69 Å². The van der Waals surface area contributed by atoms with Gasteiger partial charge in [-0.05, 0) is 44.0 Å². The number of para-hydroxylation sites is 2. The zero-order valence-corrected chi connectivity index (χ0v) is 19.7. The van der Waals surface area contributed by atoms with E-state index in [2.05, 4.69) is 26.3 Å². The molecule has 2 heterocycles. The molecule has 0 saturated heterocycles. The molecule has 1 aromatic heterocycles. The van der Waals surface area contributed by atoms with Crippen LogP contribution in [0.4, 0.5) is 15.8 Å². The van der Waals surface area contributed by atoms with E-state index >= 15 is 0 Å². The van der Waals surface area contributed by atoms with E-state index < -0.39 is 23.7 Å². The molecule has 1 atom stereocenters. The molecule has 0 bridgehead atoms. The summed E-state index contributed by atoms with van der Waals surface area (Å²) in [5.74, 6) is -1.83. The number of anilines is 2. The van der Waals surface area contributed by atoms with Gasteiger partial charge < -0.3 is 16.0 Å². The average Bonchev–Trinajstić information content (AvgIpc) is 3.21. The Labute approximate surface area is 206 Å². The molecular formula is C24H24ClFN6O3. The van der Waals surface area contributed by atoms with Crippen LogP contribution in [0.2, 0.25) is 5.02 Å². The summed E-state index contributed by atoms with van der Waals surface area (Å²) in [5, 5.41) is 16.1. The van der Waals surface area contributed by atoms with Crippen molar-refractivity contribution < 1.29 is 18.8 Å². The standard InChI is InChI=1S/C24H24ClFN6O3/c1-14-22(30-31-32(14)19-12-7-8-15(25)21(19)26)24(35)29-18-11-3-2-4-13-20(33)27-16-9-5-6-10-17(16)28-23(18)34/h5-10,12,18H,2-4,11,13H2,1H3,(H,27,33)(H,28,34)(H,29,35)/t18-/m0/s1. The van der Waals surface area contributed by atoms with Gasteiger partial charge in [-0.1, -0.05) is 47.9 Å². The summed E-state index contributed by atoms with van der Waals surface area (Å²) < 4.78 is 15.7. The van der Waals surface area contributed by atoms with E-state index in [4.69, 9.17) is 11.6 Å². The van der Waals surface area contributed by atoms with E-state index in [0.29, 0.717) is 42.8 Å². The molecule has 0 saturated carbocycles. The van der Waals surface area contributed by atoms with E-state index in [1.807, 2.05) is 0 Å². The Morgan fingerprint density at radius 2 is 1.83 bits per heavy atom. The Morgan fingerprint density at radius 1 is 1.09 bits per heavy atom.